The van der Waals surface area contributed by atoms with Crippen molar-refractivity contribution >= 4 is 11.8 Å². The fourth-order valence-corrected chi connectivity index (χ4v) is 1.81. The molecule has 0 spiro atoms. The van der Waals surface area contributed by atoms with Crippen LogP contribution in [0.25, 0.3) is 0 Å². The number of rotatable bonds is 5. The maximum Gasteiger partial charge on any atom is 0.0572 e. The van der Waals surface area contributed by atoms with Gasteiger partial charge in [-0.3, -0.25) is 0 Å². The van der Waals surface area contributed by atoms with Gasteiger partial charge in [-0.05, 0) is 5.25 Å². The van der Waals surface area contributed by atoms with E-state index < -0.39 is 0 Å². The highest BCUT2D eigenvalue weighted by molar-refractivity contribution is 8.00. The second kappa shape index (κ2) is 6.01. The molecule has 0 aromatic heterocycles. The minimum absolute atomic E-state index is 0.625. The molecule has 2 nitrogen and oxygen atoms in total. The van der Waals surface area contributed by atoms with Crippen molar-refractivity contribution in [2.75, 3.05) is 13.7 Å². The molecular formula is C7H17NOS. The molecule has 0 rings (SSSR count). The smallest absolute Gasteiger partial charge is 0.0572 e. The second-order valence-electron chi connectivity index (χ2n) is 2.55. The average Bonchev–Trinajstić information content (AvgIpc) is 1.82. The maximum absolute atomic E-state index is 4.73. The molecule has 0 aliphatic rings. The minimum atomic E-state index is 0.625. The molecule has 0 radical (unpaired) electrons. The lowest BCUT2D eigenvalue weighted by molar-refractivity contribution is 0.0930. The molecule has 0 saturated heterocycles. The van der Waals surface area contributed by atoms with Crippen LogP contribution in [0.2, 0.25) is 0 Å². The van der Waals surface area contributed by atoms with Crippen LogP contribution in [0.3, 0.4) is 0 Å². The number of nitrogens with one attached hydrogen (secondary N) is 1. The van der Waals surface area contributed by atoms with E-state index in [1.807, 2.05) is 11.8 Å². The van der Waals surface area contributed by atoms with Gasteiger partial charge < -0.3 is 4.84 Å². The van der Waals surface area contributed by atoms with Gasteiger partial charge in [0.05, 0.1) is 7.11 Å². The van der Waals surface area contributed by atoms with Gasteiger partial charge in [-0.2, -0.15) is 11.8 Å². The Labute approximate surface area is 67.7 Å². The van der Waals surface area contributed by atoms with Gasteiger partial charge in [0, 0.05) is 11.8 Å². The van der Waals surface area contributed by atoms with Crippen molar-refractivity contribution in [2.24, 2.45) is 0 Å². The van der Waals surface area contributed by atoms with Crippen molar-refractivity contribution in [3.05, 3.63) is 0 Å². The van der Waals surface area contributed by atoms with Gasteiger partial charge in [0.2, 0.25) is 0 Å². The first-order valence-electron chi connectivity index (χ1n) is 3.58. The van der Waals surface area contributed by atoms with E-state index in [0.29, 0.717) is 10.5 Å². The van der Waals surface area contributed by atoms with E-state index in [-0.39, 0.29) is 0 Å². The fourth-order valence-electron chi connectivity index (χ4n) is 0.713. The van der Waals surface area contributed by atoms with Crippen molar-refractivity contribution in [3.8, 4) is 0 Å². The van der Waals surface area contributed by atoms with E-state index in [4.69, 9.17) is 4.84 Å². The van der Waals surface area contributed by atoms with Crippen LogP contribution in [-0.2, 0) is 4.84 Å². The summed E-state index contributed by atoms with van der Waals surface area (Å²) in [6.45, 7) is 7.51. The molecule has 0 fully saturated rings. The quantitative estimate of drug-likeness (QED) is 0.623. The Morgan fingerprint density at radius 3 is 2.40 bits per heavy atom. The van der Waals surface area contributed by atoms with Crippen LogP contribution in [0, 0.1) is 0 Å². The molecule has 1 atom stereocenters. The Hall–Kier alpha value is 0.270. The summed E-state index contributed by atoms with van der Waals surface area (Å²) in [6, 6.07) is 0. The van der Waals surface area contributed by atoms with E-state index in [2.05, 4.69) is 26.3 Å². The molecular weight excluding hydrogens is 146 g/mol. The molecule has 0 aliphatic heterocycles. The first-order chi connectivity index (χ1) is 4.66. The molecule has 0 aromatic rings. The van der Waals surface area contributed by atoms with Gasteiger partial charge >= 0.3 is 0 Å². The summed E-state index contributed by atoms with van der Waals surface area (Å²) in [5, 5.41) is 1.33. The third kappa shape index (κ3) is 6.39. The Balaban J connectivity index is 3.16. The highest BCUT2D eigenvalue weighted by Crippen LogP contribution is 2.15. The van der Waals surface area contributed by atoms with Crippen LogP contribution < -0.4 is 5.48 Å². The lowest BCUT2D eigenvalue weighted by Gasteiger charge is -2.12. The van der Waals surface area contributed by atoms with Crippen molar-refractivity contribution in [1.29, 1.82) is 0 Å². The highest BCUT2D eigenvalue weighted by Gasteiger charge is 2.03. The SMILES string of the molecule is CONCC(C)SC(C)C. The van der Waals surface area contributed by atoms with Gasteiger partial charge in [0.25, 0.3) is 0 Å². The molecule has 3 heteroatoms. The zero-order valence-corrected chi connectivity index (χ0v) is 7.99. The summed E-state index contributed by atoms with van der Waals surface area (Å²) in [5.74, 6) is 0. The molecule has 1 N–H and O–H groups in total. The zero-order valence-electron chi connectivity index (χ0n) is 7.18. The number of hydrogen-bond donors (Lipinski definition) is 1. The van der Waals surface area contributed by atoms with Crippen molar-refractivity contribution in [2.45, 2.75) is 31.3 Å². The molecule has 0 amide bonds. The van der Waals surface area contributed by atoms with Crippen molar-refractivity contribution in [1.82, 2.24) is 5.48 Å². The highest BCUT2D eigenvalue weighted by atomic mass is 32.2. The van der Waals surface area contributed by atoms with E-state index in [9.17, 15) is 0 Å². The monoisotopic (exact) mass is 163 g/mol. The molecule has 62 valence electrons. The summed E-state index contributed by atoms with van der Waals surface area (Å²) in [6.07, 6.45) is 0. The van der Waals surface area contributed by atoms with Crippen LogP contribution in [0.15, 0.2) is 0 Å². The Bertz CT molecular complexity index is 78.0. The Morgan fingerprint density at radius 1 is 1.40 bits per heavy atom. The third-order valence-corrected chi connectivity index (χ3v) is 2.20. The molecule has 10 heavy (non-hydrogen) atoms. The first-order valence-corrected chi connectivity index (χ1v) is 4.52. The Morgan fingerprint density at radius 2 is 2.00 bits per heavy atom. The summed E-state index contributed by atoms with van der Waals surface area (Å²) in [7, 11) is 1.65. The van der Waals surface area contributed by atoms with Crippen molar-refractivity contribution < 1.29 is 4.84 Å². The van der Waals surface area contributed by atoms with E-state index in [1.165, 1.54) is 0 Å². The van der Waals surface area contributed by atoms with Gasteiger partial charge in [-0.15, -0.1) is 0 Å². The zero-order chi connectivity index (χ0) is 7.98. The van der Waals surface area contributed by atoms with Gasteiger partial charge in [0.15, 0.2) is 0 Å². The van der Waals surface area contributed by atoms with Crippen LogP contribution in [0.4, 0.5) is 0 Å². The summed E-state index contributed by atoms with van der Waals surface area (Å²) < 4.78 is 0. The van der Waals surface area contributed by atoms with Crippen LogP contribution >= 0.6 is 11.8 Å². The first kappa shape index (κ1) is 10.3. The molecule has 0 aromatic carbocycles. The topological polar surface area (TPSA) is 21.3 Å². The normalized spacial score (nSPS) is 14.1. The van der Waals surface area contributed by atoms with Gasteiger partial charge in [-0.25, -0.2) is 5.48 Å². The number of hydrogen-bond acceptors (Lipinski definition) is 3. The maximum atomic E-state index is 4.73. The predicted octanol–water partition coefficient (Wildman–Crippen LogP) is 1.67. The standard InChI is InChI=1S/C7H17NOS/c1-6(2)10-7(3)5-8-9-4/h6-8H,5H2,1-4H3. The minimum Gasteiger partial charge on any atom is -0.305 e. The number of hydroxylamine groups is 1. The number of thioether (sulfide) groups is 1. The molecule has 0 heterocycles. The fraction of sp³-hybridized carbons (Fsp3) is 1.00. The largest absolute Gasteiger partial charge is 0.305 e. The lowest BCUT2D eigenvalue weighted by Crippen LogP contribution is -2.22. The summed E-state index contributed by atoms with van der Waals surface area (Å²) in [4.78, 5) is 4.73. The lowest BCUT2D eigenvalue weighted by atomic mass is 10.5. The molecule has 1 unspecified atom stereocenters. The summed E-state index contributed by atoms with van der Waals surface area (Å²) >= 11 is 1.95. The van der Waals surface area contributed by atoms with Crippen LogP contribution in [-0.4, -0.2) is 24.2 Å². The predicted molar refractivity (Wildman–Crippen MR) is 47.2 cm³/mol. The average molecular weight is 163 g/mol. The van der Waals surface area contributed by atoms with Crippen LogP contribution in [0.1, 0.15) is 20.8 Å². The van der Waals surface area contributed by atoms with Gasteiger partial charge in [-0.1, -0.05) is 20.8 Å². The van der Waals surface area contributed by atoms with E-state index in [1.54, 1.807) is 7.11 Å². The molecule has 0 saturated carbocycles. The van der Waals surface area contributed by atoms with E-state index >= 15 is 0 Å². The Kier molecular flexibility index (Phi) is 6.17. The molecule has 0 aliphatic carbocycles. The van der Waals surface area contributed by atoms with Gasteiger partial charge in [0.1, 0.15) is 0 Å². The third-order valence-electron chi connectivity index (χ3n) is 1.02. The summed E-state index contributed by atoms with van der Waals surface area (Å²) in [5.41, 5.74) is 2.83. The van der Waals surface area contributed by atoms with Crippen LogP contribution in [0.5, 0.6) is 0 Å². The van der Waals surface area contributed by atoms with Crippen molar-refractivity contribution in [3.63, 3.8) is 0 Å². The van der Waals surface area contributed by atoms with E-state index in [0.717, 1.165) is 6.54 Å². The molecule has 0 bridgehead atoms. The second-order valence-corrected chi connectivity index (χ2v) is 4.57.